The minimum absolute atomic E-state index is 0.0477. The van der Waals surface area contributed by atoms with E-state index in [9.17, 15) is 10.1 Å². The molecule has 1 saturated heterocycles. The second-order valence-corrected chi connectivity index (χ2v) is 4.07. The van der Waals surface area contributed by atoms with E-state index in [2.05, 4.69) is 5.32 Å². The third-order valence-corrected chi connectivity index (χ3v) is 2.60. The van der Waals surface area contributed by atoms with Crippen molar-refractivity contribution in [2.45, 2.75) is 12.5 Å². The van der Waals surface area contributed by atoms with Gasteiger partial charge in [-0.2, -0.15) is 0 Å². The Balaban J connectivity index is 2.16. The molecule has 0 radical (unpaired) electrons. The number of halogens is 1. The summed E-state index contributed by atoms with van der Waals surface area (Å²) in [4.78, 5) is 10.1. The number of benzene rings is 1. The van der Waals surface area contributed by atoms with Crippen molar-refractivity contribution in [3.05, 3.63) is 33.3 Å². The standard InChI is InChI=1S/C10H11ClN2O3/c11-7-3-8(13(14)15)5-10(4-7)16-9-1-2-12-6-9/h3-5,9,12H,1-2,6H2. The fourth-order valence-corrected chi connectivity index (χ4v) is 1.86. The van der Waals surface area contributed by atoms with Gasteiger partial charge in [-0.1, -0.05) is 11.6 Å². The summed E-state index contributed by atoms with van der Waals surface area (Å²) < 4.78 is 5.60. The number of rotatable bonds is 3. The van der Waals surface area contributed by atoms with E-state index in [0.29, 0.717) is 10.8 Å². The molecule has 1 aromatic carbocycles. The van der Waals surface area contributed by atoms with Gasteiger partial charge in [0.1, 0.15) is 11.9 Å². The molecular weight excluding hydrogens is 232 g/mol. The van der Waals surface area contributed by atoms with Crippen LogP contribution in [0.15, 0.2) is 18.2 Å². The Morgan fingerprint density at radius 1 is 1.50 bits per heavy atom. The van der Waals surface area contributed by atoms with Gasteiger partial charge >= 0.3 is 0 Å². The van der Waals surface area contributed by atoms with Crippen molar-refractivity contribution in [1.82, 2.24) is 5.32 Å². The number of ether oxygens (including phenoxy) is 1. The van der Waals surface area contributed by atoms with Crippen LogP contribution in [0.4, 0.5) is 5.69 Å². The van der Waals surface area contributed by atoms with Gasteiger partial charge in [-0.3, -0.25) is 10.1 Å². The van der Waals surface area contributed by atoms with Crippen molar-refractivity contribution < 1.29 is 9.66 Å². The van der Waals surface area contributed by atoms with E-state index >= 15 is 0 Å². The highest BCUT2D eigenvalue weighted by molar-refractivity contribution is 6.30. The van der Waals surface area contributed by atoms with E-state index < -0.39 is 4.92 Å². The SMILES string of the molecule is O=[N+]([O-])c1cc(Cl)cc(OC2CCNC2)c1. The van der Waals surface area contributed by atoms with E-state index in [0.717, 1.165) is 19.5 Å². The topological polar surface area (TPSA) is 64.4 Å². The highest BCUT2D eigenvalue weighted by Crippen LogP contribution is 2.27. The Bertz CT molecular complexity index is 405. The molecule has 1 aromatic rings. The second kappa shape index (κ2) is 4.67. The van der Waals surface area contributed by atoms with Gasteiger partial charge in [-0.25, -0.2) is 0 Å². The van der Waals surface area contributed by atoms with Gasteiger partial charge in [-0.05, 0) is 19.0 Å². The van der Waals surface area contributed by atoms with Gasteiger partial charge in [0.25, 0.3) is 5.69 Å². The average molecular weight is 243 g/mol. The number of non-ortho nitro benzene ring substituents is 1. The molecule has 1 aliphatic heterocycles. The average Bonchev–Trinajstić information content (AvgIpc) is 2.69. The Labute approximate surface area is 97.5 Å². The number of hydrogen-bond donors (Lipinski definition) is 1. The number of nitro groups is 1. The van der Waals surface area contributed by atoms with Gasteiger partial charge in [0.15, 0.2) is 0 Å². The molecule has 1 fully saturated rings. The number of nitrogens with one attached hydrogen (secondary N) is 1. The summed E-state index contributed by atoms with van der Waals surface area (Å²) in [7, 11) is 0. The molecular formula is C10H11ClN2O3. The van der Waals surface area contributed by atoms with Crippen LogP contribution in [0.25, 0.3) is 0 Å². The summed E-state index contributed by atoms with van der Waals surface area (Å²) in [6.07, 6.45) is 0.971. The molecule has 2 rings (SSSR count). The first-order chi connectivity index (χ1) is 7.65. The van der Waals surface area contributed by atoms with E-state index in [1.807, 2.05) is 0 Å². The Hall–Kier alpha value is -1.33. The molecule has 1 aliphatic rings. The fourth-order valence-electron chi connectivity index (χ4n) is 1.64. The highest BCUT2D eigenvalue weighted by Gasteiger charge is 2.17. The molecule has 1 unspecified atom stereocenters. The molecule has 5 nitrogen and oxygen atoms in total. The van der Waals surface area contributed by atoms with Crippen molar-refractivity contribution in [1.29, 1.82) is 0 Å². The van der Waals surface area contributed by atoms with Gasteiger partial charge < -0.3 is 10.1 Å². The first-order valence-corrected chi connectivity index (χ1v) is 5.35. The first-order valence-electron chi connectivity index (χ1n) is 4.97. The zero-order chi connectivity index (χ0) is 11.5. The van der Waals surface area contributed by atoms with Crippen LogP contribution in [0, 0.1) is 10.1 Å². The van der Waals surface area contributed by atoms with Crippen LogP contribution in [0.5, 0.6) is 5.75 Å². The van der Waals surface area contributed by atoms with E-state index in [1.165, 1.54) is 12.1 Å². The Morgan fingerprint density at radius 3 is 2.94 bits per heavy atom. The third-order valence-electron chi connectivity index (χ3n) is 2.38. The predicted molar refractivity (Wildman–Crippen MR) is 60.0 cm³/mol. The van der Waals surface area contributed by atoms with E-state index in [4.69, 9.17) is 16.3 Å². The number of hydrogen-bond acceptors (Lipinski definition) is 4. The van der Waals surface area contributed by atoms with Gasteiger partial charge in [0, 0.05) is 12.6 Å². The third kappa shape index (κ3) is 2.62. The minimum Gasteiger partial charge on any atom is -0.489 e. The molecule has 86 valence electrons. The maximum absolute atomic E-state index is 10.6. The molecule has 1 heterocycles. The molecule has 16 heavy (non-hydrogen) atoms. The minimum atomic E-state index is -0.481. The monoisotopic (exact) mass is 242 g/mol. The van der Waals surface area contributed by atoms with Gasteiger partial charge in [-0.15, -0.1) is 0 Å². The first kappa shape index (κ1) is 11.2. The van der Waals surface area contributed by atoms with Crippen molar-refractivity contribution in [2.75, 3.05) is 13.1 Å². The molecule has 0 saturated carbocycles. The largest absolute Gasteiger partial charge is 0.489 e. The Kier molecular flexibility index (Phi) is 3.26. The second-order valence-electron chi connectivity index (χ2n) is 3.63. The molecule has 0 bridgehead atoms. The summed E-state index contributed by atoms with van der Waals surface area (Å²) in [5, 5.41) is 14.1. The predicted octanol–water partition coefficient (Wildman–Crippen LogP) is 1.99. The summed E-state index contributed by atoms with van der Waals surface area (Å²) in [5.74, 6) is 0.452. The lowest BCUT2D eigenvalue weighted by molar-refractivity contribution is -0.384. The zero-order valence-corrected chi connectivity index (χ0v) is 9.24. The van der Waals surface area contributed by atoms with Gasteiger partial charge in [0.05, 0.1) is 16.0 Å². The zero-order valence-electron chi connectivity index (χ0n) is 8.48. The lowest BCUT2D eigenvalue weighted by atomic mass is 10.3. The summed E-state index contributed by atoms with van der Waals surface area (Å²) in [5.41, 5.74) is -0.0477. The molecule has 0 aromatic heterocycles. The normalized spacial score (nSPS) is 19.7. The van der Waals surface area contributed by atoms with Crippen LogP contribution >= 0.6 is 11.6 Å². The van der Waals surface area contributed by atoms with Crippen molar-refractivity contribution in [3.8, 4) is 5.75 Å². The lowest BCUT2D eigenvalue weighted by Crippen LogP contribution is -2.19. The van der Waals surface area contributed by atoms with Crippen molar-refractivity contribution >= 4 is 17.3 Å². The van der Waals surface area contributed by atoms with Crippen LogP contribution in [0.3, 0.4) is 0 Å². The summed E-state index contributed by atoms with van der Waals surface area (Å²) in [6.45, 7) is 1.67. The maximum atomic E-state index is 10.6. The van der Waals surface area contributed by atoms with Crippen LogP contribution < -0.4 is 10.1 Å². The molecule has 0 amide bonds. The summed E-state index contributed by atoms with van der Waals surface area (Å²) in [6, 6.07) is 4.29. The van der Waals surface area contributed by atoms with Crippen molar-refractivity contribution in [3.63, 3.8) is 0 Å². The van der Waals surface area contributed by atoms with Crippen LogP contribution in [0.1, 0.15) is 6.42 Å². The highest BCUT2D eigenvalue weighted by atomic mass is 35.5. The maximum Gasteiger partial charge on any atom is 0.274 e. The molecule has 0 spiro atoms. The molecule has 0 aliphatic carbocycles. The molecule has 1 N–H and O–H groups in total. The van der Waals surface area contributed by atoms with E-state index in [-0.39, 0.29) is 11.8 Å². The van der Waals surface area contributed by atoms with Crippen LogP contribution in [0.2, 0.25) is 5.02 Å². The van der Waals surface area contributed by atoms with E-state index in [1.54, 1.807) is 6.07 Å². The lowest BCUT2D eigenvalue weighted by Gasteiger charge is -2.12. The van der Waals surface area contributed by atoms with Crippen LogP contribution in [-0.4, -0.2) is 24.1 Å². The quantitative estimate of drug-likeness (QED) is 0.650. The Morgan fingerprint density at radius 2 is 2.31 bits per heavy atom. The smallest absolute Gasteiger partial charge is 0.274 e. The molecule has 1 atom stereocenters. The molecule has 6 heteroatoms. The summed E-state index contributed by atoms with van der Waals surface area (Å²) >= 11 is 5.78. The fraction of sp³-hybridized carbons (Fsp3) is 0.400. The van der Waals surface area contributed by atoms with Crippen molar-refractivity contribution in [2.24, 2.45) is 0 Å². The number of nitrogens with zero attached hydrogens (tertiary/aromatic N) is 1. The van der Waals surface area contributed by atoms with Crippen LogP contribution in [-0.2, 0) is 0 Å². The van der Waals surface area contributed by atoms with Gasteiger partial charge in [0.2, 0.25) is 0 Å². The number of nitro benzene ring substituents is 1.